The van der Waals surface area contributed by atoms with Crippen molar-refractivity contribution >= 4 is 39.8 Å². The van der Waals surface area contributed by atoms with Crippen LogP contribution in [0.25, 0.3) is 10.8 Å². The van der Waals surface area contributed by atoms with E-state index < -0.39 is 0 Å². The molecule has 0 bridgehead atoms. The van der Waals surface area contributed by atoms with Crippen molar-refractivity contribution in [2.24, 2.45) is 0 Å². The van der Waals surface area contributed by atoms with Gasteiger partial charge in [-0.1, -0.05) is 53.5 Å². The van der Waals surface area contributed by atoms with Crippen LogP contribution in [-0.4, -0.2) is 17.5 Å². The third-order valence-electron chi connectivity index (χ3n) is 4.29. The highest BCUT2D eigenvalue weighted by Crippen LogP contribution is 2.33. The number of hydrogen-bond acceptors (Lipinski definition) is 3. The lowest BCUT2D eigenvalue weighted by Crippen LogP contribution is -2.05. The molecule has 0 aromatic heterocycles. The number of fused-ring (bicyclic) bond motifs is 1. The van der Waals surface area contributed by atoms with Gasteiger partial charge in [0.05, 0.1) is 16.7 Å². The molecule has 0 atom stereocenters. The van der Waals surface area contributed by atoms with E-state index >= 15 is 0 Å². The SMILES string of the molecule is Cc1c(OCCCC(=O)c2cc(Cl)c(O)c(Cl)c2)ccc2ccccc12. The Hall–Kier alpha value is -2.23. The summed E-state index contributed by atoms with van der Waals surface area (Å²) in [6.45, 7) is 2.47. The summed E-state index contributed by atoms with van der Waals surface area (Å²) in [6, 6.07) is 15.0. The van der Waals surface area contributed by atoms with E-state index in [9.17, 15) is 9.90 Å². The van der Waals surface area contributed by atoms with Crippen LogP contribution in [0.4, 0.5) is 0 Å². The fraction of sp³-hybridized carbons (Fsp3) is 0.190. The quantitative estimate of drug-likeness (QED) is 0.403. The van der Waals surface area contributed by atoms with E-state index in [-0.39, 0.29) is 21.6 Å². The van der Waals surface area contributed by atoms with Crippen LogP contribution in [-0.2, 0) is 0 Å². The molecule has 0 heterocycles. The maximum atomic E-state index is 12.3. The number of halogens is 2. The zero-order valence-electron chi connectivity index (χ0n) is 14.3. The first-order chi connectivity index (χ1) is 12.5. The number of phenolic OH excluding ortho intramolecular Hbond substituents is 1. The van der Waals surface area contributed by atoms with E-state index in [0.717, 1.165) is 16.7 Å². The van der Waals surface area contributed by atoms with Crippen LogP contribution in [0.15, 0.2) is 48.5 Å². The zero-order chi connectivity index (χ0) is 18.7. The predicted octanol–water partition coefficient (Wildman–Crippen LogP) is 6.20. The topological polar surface area (TPSA) is 46.5 Å². The molecule has 0 fully saturated rings. The highest BCUT2D eigenvalue weighted by Gasteiger charge is 2.12. The van der Waals surface area contributed by atoms with Gasteiger partial charge in [-0.2, -0.15) is 0 Å². The summed E-state index contributed by atoms with van der Waals surface area (Å²) in [5.74, 6) is 0.527. The number of aryl methyl sites for hydroxylation is 1. The number of benzene rings is 3. The van der Waals surface area contributed by atoms with E-state index in [1.54, 1.807) is 0 Å². The largest absolute Gasteiger partial charge is 0.505 e. The number of ether oxygens (including phenoxy) is 1. The zero-order valence-corrected chi connectivity index (χ0v) is 15.8. The number of carbonyl (C=O) groups is 1. The molecule has 3 aromatic carbocycles. The lowest BCUT2D eigenvalue weighted by Gasteiger charge is -2.11. The number of rotatable bonds is 6. The minimum Gasteiger partial charge on any atom is -0.505 e. The second kappa shape index (κ2) is 7.98. The van der Waals surface area contributed by atoms with Crippen molar-refractivity contribution in [3.8, 4) is 11.5 Å². The summed E-state index contributed by atoms with van der Waals surface area (Å²) in [7, 11) is 0. The first-order valence-electron chi connectivity index (χ1n) is 8.29. The highest BCUT2D eigenvalue weighted by atomic mass is 35.5. The Labute approximate surface area is 162 Å². The van der Waals surface area contributed by atoms with Crippen LogP contribution in [0.1, 0.15) is 28.8 Å². The normalized spacial score (nSPS) is 10.9. The Morgan fingerprint density at radius 2 is 1.77 bits per heavy atom. The molecule has 0 aliphatic carbocycles. The van der Waals surface area contributed by atoms with Gasteiger partial charge in [0.15, 0.2) is 11.5 Å². The molecule has 0 aliphatic heterocycles. The monoisotopic (exact) mass is 388 g/mol. The van der Waals surface area contributed by atoms with Crippen molar-refractivity contribution in [2.45, 2.75) is 19.8 Å². The van der Waals surface area contributed by atoms with Gasteiger partial charge in [0.2, 0.25) is 0 Å². The van der Waals surface area contributed by atoms with Gasteiger partial charge in [0, 0.05) is 12.0 Å². The van der Waals surface area contributed by atoms with Crippen molar-refractivity contribution in [1.82, 2.24) is 0 Å². The second-order valence-electron chi connectivity index (χ2n) is 6.07. The lowest BCUT2D eigenvalue weighted by atomic mass is 10.0. The lowest BCUT2D eigenvalue weighted by molar-refractivity contribution is 0.0973. The number of ketones is 1. The number of carbonyl (C=O) groups excluding carboxylic acids is 1. The Balaban J connectivity index is 1.59. The summed E-state index contributed by atoms with van der Waals surface area (Å²) in [6.07, 6.45) is 0.880. The van der Waals surface area contributed by atoms with E-state index in [4.69, 9.17) is 27.9 Å². The van der Waals surface area contributed by atoms with Gasteiger partial charge in [0.1, 0.15) is 5.75 Å². The number of phenols is 1. The summed E-state index contributed by atoms with van der Waals surface area (Å²) in [4.78, 5) is 12.3. The fourth-order valence-corrected chi connectivity index (χ4v) is 3.34. The average Bonchev–Trinajstić information content (AvgIpc) is 2.64. The van der Waals surface area contributed by atoms with Crippen LogP contribution < -0.4 is 4.74 Å². The molecule has 0 saturated carbocycles. The molecular weight excluding hydrogens is 371 g/mol. The van der Waals surface area contributed by atoms with Crippen LogP contribution in [0.2, 0.25) is 10.0 Å². The van der Waals surface area contributed by atoms with Gasteiger partial charge in [-0.15, -0.1) is 0 Å². The van der Waals surface area contributed by atoms with Gasteiger partial charge < -0.3 is 9.84 Å². The Morgan fingerprint density at radius 1 is 1.08 bits per heavy atom. The summed E-state index contributed by atoms with van der Waals surface area (Å²) >= 11 is 11.7. The molecular formula is C21H18Cl2O3. The molecule has 0 spiro atoms. The summed E-state index contributed by atoms with van der Waals surface area (Å²) in [5, 5.41) is 12.0. The number of hydrogen-bond donors (Lipinski definition) is 1. The molecule has 5 heteroatoms. The van der Waals surface area contributed by atoms with Gasteiger partial charge in [-0.05, 0) is 47.9 Å². The average molecular weight is 389 g/mol. The van der Waals surface area contributed by atoms with Gasteiger partial charge >= 0.3 is 0 Å². The molecule has 3 nitrogen and oxygen atoms in total. The predicted molar refractivity (Wildman–Crippen MR) is 106 cm³/mol. The Morgan fingerprint density at radius 3 is 2.50 bits per heavy atom. The molecule has 26 heavy (non-hydrogen) atoms. The van der Waals surface area contributed by atoms with E-state index in [0.29, 0.717) is 25.0 Å². The van der Waals surface area contributed by atoms with Gasteiger partial charge in [-0.3, -0.25) is 4.79 Å². The molecule has 3 aromatic rings. The van der Waals surface area contributed by atoms with E-state index in [1.165, 1.54) is 17.5 Å². The summed E-state index contributed by atoms with van der Waals surface area (Å²) < 4.78 is 5.85. The van der Waals surface area contributed by atoms with Crippen molar-refractivity contribution in [1.29, 1.82) is 0 Å². The molecule has 0 saturated heterocycles. The highest BCUT2D eigenvalue weighted by molar-refractivity contribution is 6.37. The van der Waals surface area contributed by atoms with Crippen molar-refractivity contribution in [3.63, 3.8) is 0 Å². The summed E-state index contributed by atoms with van der Waals surface area (Å²) in [5.41, 5.74) is 1.48. The molecule has 0 unspecified atom stereocenters. The second-order valence-corrected chi connectivity index (χ2v) is 6.89. The maximum absolute atomic E-state index is 12.3. The third-order valence-corrected chi connectivity index (χ3v) is 4.87. The molecule has 0 aliphatic rings. The van der Waals surface area contributed by atoms with E-state index in [1.807, 2.05) is 31.2 Å². The number of Topliss-reactive ketones (excluding diaryl/α,β-unsaturated/α-hetero) is 1. The standard InChI is InChI=1S/C21H18Cl2O3/c1-13-16-6-3-2-5-14(16)8-9-20(13)26-10-4-7-19(24)15-11-17(22)21(25)18(23)12-15/h2-3,5-6,8-9,11-12,25H,4,7,10H2,1H3. The van der Waals surface area contributed by atoms with Gasteiger partial charge in [0.25, 0.3) is 0 Å². The number of aromatic hydroxyl groups is 1. The van der Waals surface area contributed by atoms with Crippen LogP contribution in [0.3, 0.4) is 0 Å². The third kappa shape index (κ3) is 3.95. The van der Waals surface area contributed by atoms with Crippen molar-refractivity contribution < 1.29 is 14.6 Å². The van der Waals surface area contributed by atoms with Crippen LogP contribution >= 0.6 is 23.2 Å². The first kappa shape index (κ1) is 18.6. The van der Waals surface area contributed by atoms with Crippen LogP contribution in [0, 0.1) is 6.92 Å². The minimum absolute atomic E-state index is 0.0730. The molecule has 134 valence electrons. The molecule has 0 amide bonds. The molecule has 1 N–H and O–H groups in total. The Kier molecular flexibility index (Phi) is 5.70. The smallest absolute Gasteiger partial charge is 0.163 e. The van der Waals surface area contributed by atoms with Crippen LogP contribution in [0.5, 0.6) is 11.5 Å². The Bertz CT molecular complexity index is 944. The van der Waals surface area contributed by atoms with Crippen molar-refractivity contribution in [2.75, 3.05) is 6.61 Å². The van der Waals surface area contributed by atoms with Crippen molar-refractivity contribution in [3.05, 3.63) is 69.7 Å². The first-order valence-corrected chi connectivity index (χ1v) is 9.05. The molecule has 0 radical (unpaired) electrons. The van der Waals surface area contributed by atoms with E-state index in [2.05, 4.69) is 12.1 Å². The van der Waals surface area contributed by atoms with Gasteiger partial charge in [-0.25, -0.2) is 0 Å². The maximum Gasteiger partial charge on any atom is 0.163 e. The fourth-order valence-electron chi connectivity index (χ4n) is 2.85. The minimum atomic E-state index is -0.208. The molecule has 3 rings (SSSR count).